The van der Waals surface area contributed by atoms with Crippen LogP contribution in [0.4, 0.5) is 5.69 Å². The molecule has 0 aliphatic rings. The predicted molar refractivity (Wildman–Crippen MR) is 70.1 cm³/mol. The fourth-order valence-corrected chi connectivity index (χ4v) is 2.91. The molecule has 0 saturated carbocycles. The minimum atomic E-state index is 0.666. The summed E-state index contributed by atoms with van der Waals surface area (Å²) in [6.07, 6.45) is 1.86. The van der Waals surface area contributed by atoms with Gasteiger partial charge in [0.2, 0.25) is 0 Å². The summed E-state index contributed by atoms with van der Waals surface area (Å²) in [6.45, 7) is 0. The van der Waals surface area contributed by atoms with Gasteiger partial charge in [-0.1, -0.05) is 11.8 Å². The van der Waals surface area contributed by atoms with E-state index in [1.165, 1.54) is 4.88 Å². The molecule has 0 fully saturated rings. The summed E-state index contributed by atoms with van der Waals surface area (Å²) in [7, 11) is 0. The second kappa shape index (κ2) is 4.38. The van der Waals surface area contributed by atoms with Crippen molar-refractivity contribution in [2.75, 3.05) is 5.73 Å². The van der Waals surface area contributed by atoms with E-state index in [1.54, 1.807) is 23.1 Å². The molecular weight excluding hydrogens is 254 g/mol. The number of aromatic nitrogens is 2. The van der Waals surface area contributed by atoms with Gasteiger partial charge in [-0.25, -0.2) is 4.98 Å². The van der Waals surface area contributed by atoms with Gasteiger partial charge in [0.1, 0.15) is 5.52 Å². The van der Waals surface area contributed by atoms with Gasteiger partial charge in [0, 0.05) is 22.5 Å². The molecule has 0 aliphatic carbocycles. The van der Waals surface area contributed by atoms with Crippen LogP contribution in [-0.2, 0) is 5.75 Å². The van der Waals surface area contributed by atoms with Crippen molar-refractivity contribution in [1.82, 2.24) is 9.97 Å². The maximum absolute atomic E-state index is 5.69. The largest absolute Gasteiger partial charge is 0.431 e. The van der Waals surface area contributed by atoms with Crippen LogP contribution in [0.2, 0.25) is 0 Å². The molecular formula is C11H9N3OS2. The summed E-state index contributed by atoms with van der Waals surface area (Å²) in [5.74, 6) is 0.826. The van der Waals surface area contributed by atoms with Crippen molar-refractivity contribution in [2.45, 2.75) is 11.0 Å². The van der Waals surface area contributed by atoms with Gasteiger partial charge in [-0.15, -0.1) is 11.3 Å². The number of thioether (sulfide) groups is 1. The first-order valence-corrected chi connectivity index (χ1v) is 6.84. The molecule has 0 atom stereocenters. The van der Waals surface area contributed by atoms with Gasteiger partial charge in [0.25, 0.3) is 5.22 Å². The summed E-state index contributed by atoms with van der Waals surface area (Å²) in [4.78, 5) is 9.61. The molecule has 6 heteroatoms. The van der Waals surface area contributed by atoms with Crippen LogP contribution in [0.1, 0.15) is 4.88 Å². The lowest BCUT2D eigenvalue weighted by atomic mass is 10.3. The molecule has 86 valence electrons. The fourth-order valence-electron chi connectivity index (χ4n) is 1.43. The Hall–Kier alpha value is -1.53. The summed E-state index contributed by atoms with van der Waals surface area (Å²) in [6, 6.07) is 5.47. The minimum Gasteiger partial charge on any atom is -0.431 e. The topological polar surface area (TPSA) is 64.9 Å². The van der Waals surface area contributed by atoms with E-state index in [0.717, 1.165) is 16.9 Å². The van der Waals surface area contributed by atoms with E-state index in [0.29, 0.717) is 10.9 Å². The quantitative estimate of drug-likeness (QED) is 0.581. The van der Waals surface area contributed by atoms with Gasteiger partial charge in [-0.2, -0.15) is 0 Å². The summed E-state index contributed by atoms with van der Waals surface area (Å²) >= 11 is 3.19. The second-order valence-electron chi connectivity index (χ2n) is 3.46. The van der Waals surface area contributed by atoms with Crippen LogP contribution in [0.15, 0.2) is 39.5 Å². The fraction of sp³-hybridized carbons (Fsp3) is 0.0909. The third-order valence-corrected chi connectivity index (χ3v) is 4.05. The number of hydrogen-bond donors (Lipinski definition) is 1. The highest BCUT2D eigenvalue weighted by Crippen LogP contribution is 2.27. The Kier molecular flexibility index (Phi) is 2.74. The summed E-state index contributed by atoms with van der Waals surface area (Å²) < 4.78 is 5.60. The first-order chi connectivity index (χ1) is 8.31. The van der Waals surface area contributed by atoms with E-state index >= 15 is 0 Å². The monoisotopic (exact) mass is 263 g/mol. The average Bonchev–Trinajstić information content (AvgIpc) is 2.94. The summed E-state index contributed by atoms with van der Waals surface area (Å²) in [5, 5.41) is 0.666. The van der Waals surface area contributed by atoms with Crippen molar-refractivity contribution in [1.29, 1.82) is 0 Å². The number of benzene rings is 1. The van der Waals surface area contributed by atoms with E-state index in [-0.39, 0.29) is 0 Å². The Balaban J connectivity index is 1.81. The van der Waals surface area contributed by atoms with Crippen LogP contribution in [0.3, 0.4) is 0 Å². The minimum absolute atomic E-state index is 0.666. The number of hydrogen-bond acceptors (Lipinski definition) is 6. The Morgan fingerprint density at radius 2 is 2.35 bits per heavy atom. The Morgan fingerprint density at radius 3 is 3.18 bits per heavy atom. The van der Waals surface area contributed by atoms with Crippen molar-refractivity contribution >= 4 is 39.9 Å². The lowest BCUT2D eigenvalue weighted by Gasteiger charge is -1.90. The number of thiazole rings is 1. The molecule has 0 amide bonds. The lowest BCUT2D eigenvalue weighted by molar-refractivity contribution is 0.489. The molecule has 0 bridgehead atoms. The Labute approximate surface area is 106 Å². The van der Waals surface area contributed by atoms with Gasteiger partial charge < -0.3 is 10.2 Å². The lowest BCUT2D eigenvalue weighted by Crippen LogP contribution is -1.82. The highest BCUT2D eigenvalue weighted by molar-refractivity contribution is 7.98. The zero-order chi connectivity index (χ0) is 11.7. The predicted octanol–water partition coefficient (Wildman–Crippen LogP) is 3.16. The molecule has 0 saturated heterocycles. The zero-order valence-electron chi connectivity index (χ0n) is 8.79. The van der Waals surface area contributed by atoms with Crippen molar-refractivity contribution in [2.24, 2.45) is 0 Å². The third kappa shape index (κ3) is 2.27. The van der Waals surface area contributed by atoms with Crippen LogP contribution < -0.4 is 5.73 Å². The van der Waals surface area contributed by atoms with E-state index < -0.39 is 0 Å². The van der Waals surface area contributed by atoms with E-state index in [1.807, 2.05) is 29.9 Å². The highest BCUT2D eigenvalue weighted by Gasteiger charge is 2.07. The number of oxazole rings is 1. The first-order valence-electron chi connectivity index (χ1n) is 4.97. The van der Waals surface area contributed by atoms with Crippen LogP contribution in [0.5, 0.6) is 0 Å². The average molecular weight is 263 g/mol. The maximum Gasteiger partial charge on any atom is 0.257 e. The summed E-state index contributed by atoms with van der Waals surface area (Å²) in [5.41, 5.74) is 9.78. The molecule has 1 aromatic carbocycles. The maximum atomic E-state index is 5.69. The number of rotatable bonds is 3. The van der Waals surface area contributed by atoms with Crippen LogP contribution in [0.25, 0.3) is 11.1 Å². The molecule has 2 N–H and O–H groups in total. The van der Waals surface area contributed by atoms with Gasteiger partial charge >= 0.3 is 0 Å². The molecule has 3 rings (SSSR count). The molecule has 3 aromatic rings. The van der Waals surface area contributed by atoms with Crippen LogP contribution >= 0.6 is 23.1 Å². The Morgan fingerprint density at radius 1 is 1.41 bits per heavy atom. The molecule has 2 heterocycles. The second-order valence-corrected chi connectivity index (χ2v) is 5.36. The SMILES string of the molecule is Nc1ccc2oc(SCc3cncs3)nc2c1. The molecule has 0 unspecified atom stereocenters. The van der Waals surface area contributed by atoms with Gasteiger partial charge in [-0.3, -0.25) is 4.98 Å². The number of nitrogens with two attached hydrogens (primary N) is 1. The Bertz CT molecular complexity index is 633. The molecule has 0 spiro atoms. The highest BCUT2D eigenvalue weighted by atomic mass is 32.2. The number of nitrogens with zero attached hydrogens (tertiary/aromatic N) is 2. The zero-order valence-corrected chi connectivity index (χ0v) is 10.4. The van der Waals surface area contributed by atoms with Gasteiger partial charge in [0.05, 0.1) is 5.51 Å². The number of anilines is 1. The standard InChI is InChI=1S/C11H9N3OS2/c12-7-1-2-10-9(3-7)14-11(15-10)16-5-8-4-13-6-17-8/h1-4,6H,5,12H2. The van der Waals surface area contributed by atoms with Crippen molar-refractivity contribution in [3.8, 4) is 0 Å². The van der Waals surface area contributed by atoms with Crippen LogP contribution in [0, 0.1) is 0 Å². The molecule has 0 radical (unpaired) electrons. The van der Waals surface area contributed by atoms with E-state index in [2.05, 4.69) is 9.97 Å². The molecule has 4 nitrogen and oxygen atoms in total. The smallest absolute Gasteiger partial charge is 0.257 e. The normalized spacial score (nSPS) is 11.1. The molecule has 17 heavy (non-hydrogen) atoms. The van der Waals surface area contributed by atoms with Gasteiger partial charge in [-0.05, 0) is 18.2 Å². The molecule has 2 aromatic heterocycles. The molecule has 0 aliphatic heterocycles. The number of nitrogen functional groups attached to an aromatic ring is 1. The van der Waals surface area contributed by atoms with Crippen LogP contribution in [-0.4, -0.2) is 9.97 Å². The first kappa shape index (κ1) is 10.6. The number of fused-ring (bicyclic) bond motifs is 1. The van der Waals surface area contributed by atoms with E-state index in [4.69, 9.17) is 10.2 Å². The van der Waals surface area contributed by atoms with E-state index in [9.17, 15) is 0 Å². The third-order valence-electron chi connectivity index (χ3n) is 2.21. The van der Waals surface area contributed by atoms with Crippen molar-refractivity contribution in [3.05, 3.63) is 34.8 Å². The van der Waals surface area contributed by atoms with Gasteiger partial charge in [0.15, 0.2) is 5.58 Å². The van der Waals surface area contributed by atoms with Crippen molar-refractivity contribution < 1.29 is 4.42 Å². The van der Waals surface area contributed by atoms with Crippen molar-refractivity contribution in [3.63, 3.8) is 0 Å².